The summed E-state index contributed by atoms with van der Waals surface area (Å²) in [6, 6.07) is 9.44. The van der Waals surface area contributed by atoms with E-state index in [1.54, 1.807) is 12.3 Å². The summed E-state index contributed by atoms with van der Waals surface area (Å²) in [6.45, 7) is 6.30. The van der Waals surface area contributed by atoms with E-state index in [1.807, 2.05) is 31.2 Å². The van der Waals surface area contributed by atoms with Crippen LogP contribution in [0.3, 0.4) is 0 Å². The Kier molecular flexibility index (Phi) is 5.19. The van der Waals surface area contributed by atoms with Crippen molar-refractivity contribution in [1.82, 2.24) is 4.98 Å². The number of hydrogen-bond acceptors (Lipinski definition) is 3. The molecule has 1 aromatic carbocycles. The molecule has 2 aromatic rings. The molecule has 1 aliphatic rings. The highest BCUT2D eigenvalue weighted by atomic mass is 79.9. The topological polar surface area (TPSA) is 45.2 Å². The van der Waals surface area contributed by atoms with E-state index in [9.17, 15) is 4.79 Å². The van der Waals surface area contributed by atoms with Crippen molar-refractivity contribution in [2.75, 3.05) is 23.3 Å². The summed E-state index contributed by atoms with van der Waals surface area (Å²) in [5, 5.41) is 2.96. The summed E-state index contributed by atoms with van der Waals surface area (Å²) in [7, 11) is 0. The fraction of sp³-hybridized carbons (Fsp3) is 0.368. The van der Waals surface area contributed by atoms with Crippen molar-refractivity contribution in [2.45, 2.75) is 26.7 Å². The number of carbonyl (C=O) groups is 1. The van der Waals surface area contributed by atoms with Gasteiger partial charge in [-0.2, -0.15) is 0 Å². The van der Waals surface area contributed by atoms with Crippen molar-refractivity contribution in [3.8, 4) is 0 Å². The first-order chi connectivity index (χ1) is 11.5. The van der Waals surface area contributed by atoms with Crippen LogP contribution in [0.25, 0.3) is 0 Å². The van der Waals surface area contributed by atoms with Crippen LogP contribution in [0.1, 0.15) is 35.7 Å². The van der Waals surface area contributed by atoms with E-state index in [-0.39, 0.29) is 5.91 Å². The second-order valence-electron chi connectivity index (χ2n) is 6.49. The molecule has 1 fully saturated rings. The number of pyridine rings is 1. The normalized spacial score (nSPS) is 15.4. The van der Waals surface area contributed by atoms with E-state index in [2.05, 4.69) is 38.1 Å². The summed E-state index contributed by atoms with van der Waals surface area (Å²) < 4.78 is 1.03. The van der Waals surface area contributed by atoms with Crippen molar-refractivity contribution in [3.63, 3.8) is 0 Å². The van der Waals surface area contributed by atoms with Crippen LogP contribution in [0, 0.1) is 12.8 Å². The van der Waals surface area contributed by atoms with Gasteiger partial charge in [0.2, 0.25) is 0 Å². The van der Waals surface area contributed by atoms with E-state index in [4.69, 9.17) is 0 Å². The summed E-state index contributed by atoms with van der Waals surface area (Å²) in [5.41, 5.74) is 2.52. The molecule has 0 atom stereocenters. The van der Waals surface area contributed by atoms with Crippen molar-refractivity contribution >= 4 is 33.3 Å². The summed E-state index contributed by atoms with van der Waals surface area (Å²) in [6.07, 6.45) is 4.07. The number of piperidine rings is 1. The number of benzene rings is 1. The zero-order chi connectivity index (χ0) is 17.1. The summed E-state index contributed by atoms with van der Waals surface area (Å²) in [4.78, 5) is 19.2. The zero-order valence-corrected chi connectivity index (χ0v) is 15.6. The smallest absolute Gasteiger partial charge is 0.255 e. The molecule has 0 spiro atoms. The molecule has 0 saturated carbocycles. The van der Waals surface area contributed by atoms with Crippen molar-refractivity contribution in [1.29, 1.82) is 0 Å². The van der Waals surface area contributed by atoms with E-state index < -0.39 is 0 Å². The number of aromatic nitrogens is 1. The van der Waals surface area contributed by atoms with Crippen LogP contribution in [0.5, 0.6) is 0 Å². The first-order valence-corrected chi connectivity index (χ1v) is 9.11. The largest absolute Gasteiger partial charge is 0.357 e. The van der Waals surface area contributed by atoms with E-state index in [0.717, 1.165) is 40.5 Å². The Morgan fingerprint density at radius 1 is 1.25 bits per heavy atom. The number of aryl methyl sites for hydroxylation is 1. The lowest BCUT2D eigenvalue weighted by Crippen LogP contribution is -2.33. The number of halogens is 1. The van der Waals surface area contributed by atoms with Gasteiger partial charge in [0.05, 0.1) is 0 Å². The van der Waals surface area contributed by atoms with Crippen molar-refractivity contribution in [3.05, 3.63) is 52.1 Å². The van der Waals surface area contributed by atoms with Crippen molar-refractivity contribution in [2.24, 2.45) is 5.92 Å². The highest BCUT2D eigenvalue weighted by Gasteiger charge is 2.18. The molecule has 4 nitrogen and oxygen atoms in total. The minimum atomic E-state index is -0.106. The second kappa shape index (κ2) is 7.34. The number of amides is 1. The molecule has 0 bridgehead atoms. The monoisotopic (exact) mass is 387 g/mol. The first-order valence-electron chi connectivity index (χ1n) is 8.31. The number of hydrogen-bond donors (Lipinski definition) is 1. The van der Waals surface area contributed by atoms with Crippen LogP contribution in [-0.2, 0) is 0 Å². The Bertz CT molecular complexity index is 739. The average Bonchev–Trinajstić information content (AvgIpc) is 2.59. The number of carbonyl (C=O) groups excluding carboxylic acids is 1. The Morgan fingerprint density at radius 3 is 2.71 bits per heavy atom. The fourth-order valence-electron chi connectivity index (χ4n) is 2.90. The molecule has 2 heterocycles. The molecule has 0 aliphatic carbocycles. The van der Waals surface area contributed by atoms with Gasteiger partial charge < -0.3 is 10.2 Å². The van der Waals surface area contributed by atoms with Gasteiger partial charge in [0.25, 0.3) is 5.91 Å². The Labute approximate surface area is 151 Å². The van der Waals surface area contributed by atoms with Gasteiger partial charge in [-0.15, -0.1) is 0 Å². The Hall–Kier alpha value is -1.88. The zero-order valence-electron chi connectivity index (χ0n) is 14.1. The van der Waals surface area contributed by atoms with Gasteiger partial charge in [0.1, 0.15) is 5.82 Å². The first kappa shape index (κ1) is 17.0. The molecule has 24 heavy (non-hydrogen) atoms. The van der Waals surface area contributed by atoms with Gasteiger partial charge in [-0.05, 0) is 61.6 Å². The lowest BCUT2D eigenvalue weighted by atomic mass is 9.99. The quantitative estimate of drug-likeness (QED) is 0.833. The molecule has 0 unspecified atom stereocenters. The minimum Gasteiger partial charge on any atom is -0.357 e. The Balaban J connectivity index is 1.73. The van der Waals surface area contributed by atoms with Gasteiger partial charge in [-0.1, -0.05) is 22.9 Å². The summed E-state index contributed by atoms with van der Waals surface area (Å²) >= 11 is 3.47. The fourth-order valence-corrected chi connectivity index (χ4v) is 3.14. The van der Waals surface area contributed by atoms with Crippen LogP contribution in [0.2, 0.25) is 0 Å². The van der Waals surface area contributed by atoms with Gasteiger partial charge >= 0.3 is 0 Å². The van der Waals surface area contributed by atoms with Crippen LogP contribution >= 0.6 is 15.9 Å². The molecule has 1 saturated heterocycles. The SMILES string of the molecule is Cc1cc(NC(=O)c2ccnc(N3CCC(C)CC3)c2)ccc1Br. The molecular formula is C19H22BrN3O. The van der Waals surface area contributed by atoms with Crippen LogP contribution in [0.15, 0.2) is 41.0 Å². The number of rotatable bonds is 3. The third-order valence-electron chi connectivity index (χ3n) is 4.53. The molecule has 126 valence electrons. The molecule has 1 aromatic heterocycles. The van der Waals surface area contributed by atoms with Crippen LogP contribution < -0.4 is 10.2 Å². The lowest BCUT2D eigenvalue weighted by molar-refractivity contribution is 0.102. The highest BCUT2D eigenvalue weighted by molar-refractivity contribution is 9.10. The number of nitrogens with one attached hydrogen (secondary N) is 1. The molecule has 0 radical (unpaired) electrons. The minimum absolute atomic E-state index is 0.106. The number of nitrogens with zero attached hydrogens (tertiary/aromatic N) is 2. The third kappa shape index (κ3) is 3.96. The van der Waals surface area contributed by atoms with Crippen LogP contribution in [0.4, 0.5) is 11.5 Å². The van der Waals surface area contributed by atoms with E-state index >= 15 is 0 Å². The van der Waals surface area contributed by atoms with Gasteiger partial charge in [-0.25, -0.2) is 4.98 Å². The predicted octanol–water partition coefficient (Wildman–Crippen LogP) is 4.64. The molecule has 1 N–H and O–H groups in total. The number of anilines is 2. The molecule has 1 amide bonds. The molecule has 3 rings (SSSR count). The van der Waals surface area contributed by atoms with Gasteiger partial charge in [0.15, 0.2) is 0 Å². The maximum atomic E-state index is 12.5. The van der Waals surface area contributed by atoms with Gasteiger partial charge in [-0.3, -0.25) is 4.79 Å². The Morgan fingerprint density at radius 2 is 2.00 bits per heavy atom. The second-order valence-corrected chi connectivity index (χ2v) is 7.34. The third-order valence-corrected chi connectivity index (χ3v) is 5.42. The van der Waals surface area contributed by atoms with E-state index in [0.29, 0.717) is 5.56 Å². The average molecular weight is 388 g/mol. The maximum Gasteiger partial charge on any atom is 0.255 e. The van der Waals surface area contributed by atoms with Crippen molar-refractivity contribution < 1.29 is 4.79 Å². The molecule has 1 aliphatic heterocycles. The highest BCUT2D eigenvalue weighted by Crippen LogP contribution is 2.23. The lowest BCUT2D eigenvalue weighted by Gasteiger charge is -2.31. The van der Waals surface area contributed by atoms with E-state index in [1.165, 1.54) is 12.8 Å². The molecular weight excluding hydrogens is 366 g/mol. The maximum absolute atomic E-state index is 12.5. The standard InChI is InChI=1S/C19H22BrN3O/c1-13-6-9-23(10-7-13)18-12-15(5-8-21-18)19(24)22-16-3-4-17(20)14(2)11-16/h3-5,8,11-13H,6-7,9-10H2,1-2H3,(H,22,24). The summed E-state index contributed by atoms with van der Waals surface area (Å²) in [5.74, 6) is 1.56. The van der Waals surface area contributed by atoms with Crippen LogP contribution in [-0.4, -0.2) is 24.0 Å². The van der Waals surface area contributed by atoms with Gasteiger partial charge in [0, 0.05) is 35.0 Å². The molecule has 5 heteroatoms. The predicted molar refractivity (Wildman–Crippen MR) is 102 cm³/mol.